The van der Waals surface area contributed by atoms with Gasteiger partial charge in [-0.2, -0.15) is 0 Å². The molecule has 23 heavy (non-hydrogen) atoms. The van der Waals surface area contributed by atoms with Gasteiger partial charge in [-0.25, -0.2) is 0 Å². The number of rotatable bonds is 5. The topological polar surface area (TPSA) is 75.6 Å². The van der Waals surface area contributed by atoms with Crippen molar-refractivity contribution in [2.24, 2.45) is 11.8 Å². The van der Waals surface area contributed by atoms with E-state index in [0.29, 0.717) is 12.8 Å². The number of carbonyl (C=O) groups is 2. The number of ether oxygens (including phenoxy) is 1. The first-order valence-corrected chi connectivity index (χ1v) is 8.03. The Hall–Kier alpha value is -2.04. The Morgan fingerprint density at radius 3 is 2.52 bits per heavy atom. The van der Waals surface area contributed by atoms with Gasteiger partial charge < -0.3 is 15.2 Å². The zero-order chi connectivity index (χ0) is 17.0. The van der Waals surface area contributed by atoms with E-state index in [0.717, 1.165) is 24.2 Å². The number of carboxylic acids is 1. The molecule has 2 rings (SSSR count). The van der Waals surface area contributed by atoms with Gasteiger partial charge in [0.25, 0.3) is 0 Å². The maximum Gasteiger partial charge on any atom is 0.306 e. The van der Waals surface area contributed by atoms with Gasteiger partial charge in [0.1, 0.15) is 5.75 Å². The smallest absolute Gasteiger partial charge is 0.306 e. The van der Waals surface area contributed by atoms with Crippen LogP contribution in [-0.2, 0) is 15.1 Å². The SMILES string of the molecule is COc1ccccc1C(C)(C)NC(=O)C1CCCC(C(=O)O)C1. The zero-order valence-corrected chi connectivity index (χ0v) is 14.0. The molecule has 126 valence electrons. The van der Waals surface area contributed by atoms with E-state index in [2.05, 4.69) is 5.32 Å². The summed E-state index contributed by atoms with van der Waals surface area (Å²) in [5, 5.41) is 12.2. The number of nitrogens with one attached hydrogen (secondary N) is 1. The molecule has 1 aromatic carbocycles. The van der Waals surface area contributed by atoms with E-state index in [1.165, 1.54) is 0 Å². The molecule has 0 heterocycles. The summed E-state index contributed by atoms with van der Waals surface area (Å²) in [6.45, 7) is 3.86. The van der Waals surface area contributed by atoms with Crippen molar-refractivity contribution in [2.75, 3.05) is 7.11 Å². The van der Waals surface area contributed by atoms with Gasteiger partial charge in [0.05, 0.1) is 18.6 Å². The molecule has 0 aliphatic heterocycles. The molecule has 0 spiro atoms. The Labute approximate surface area is 137 Å². The van der Waals surface area contributed by atoms with Gasteiger partial charge in [0, 0.05) is 11.5 Å². The molecule has 1 aliphatic rings. The van der Waals surface area contributed by atoms with Crippen LogP contribution in [0.3, 0.4) is 0 Å². The minimum Gasteiger partial charge on any atom is -0.496 e. The maximum atomic E-state index is 12.6. The molecule has 2 atom stereocenters. The molecule has 0 radical (unpaired) electrons. The Kier molecular flexibility index (Phi) is 5.29. The summed E-state index contributed by atoms with van der Waals surface area (Å²) in [4.78, 5) is 23.8. The van der Waals surface area contributed by atoms with Gasteiger partial charge in [0.2, 0.25) is 5.91 Å². The summed E-state index contributed by atoms with van der Waals surface area (Å²) in [7, 11) is 1.61. The number of carboxylic acid groups (broad SMARTS) is 1. The third-order valence-corrected chi connectivity index (χ3v) is 4.61. The van der Waals surface area contributed by atoms with Crippen molar-refractivity contribution < 1.29 is 19.4 Å². The molecule has 1 amide bonds. The van der Waals surface area contributed by atoms with Crippen molar-refractivity contribution in [3.63, 3.8) is 0 Å². The van der Waals surface area contributed by atoms with Crippen molar-refractivity contribution in [1.29, 1.82) is 0 Å². The second kappa shape index (κ2) is 7.02. The Bertz CT molecular complexity index is 582. The van der Waals surface area contributed by atoms with Gasteiger partial charge in [0.15, 0.2) is 0 Å². The van der Waals surface area contributed by atoms with Crippen molar-refractivity contribution in [3.8, 4) is 5.75 Å². The summed E-state index contributed by atoms with van der Waals surface area (Å²) in [5.41, 5.74) is 0.321. The molecule has 5 heteroatoms. The molecular weight excluding hydrogens is 294 g/mol. The van der Waals surface area contributed by atoms with Crippen molar-refractivity contribution in [2.45, 2.75) is 45.1 Å². The van der Waals surface area contributed by atoms with Crippen molar-refractivity contribution in [3.05, 3.63) is 29.8 Å². The fourth-order valence-corrected chi connectivity index (χ4v) is 3.29. The van der Waals surface area contributed by atoms with E-state index < -0.39 is 17.4 Å². The third kappa shape index (κ3) is 4.03. The Morgan fingerprint density at radius 1 is 1.22 bits per heavy atom. The number of para-hydroxylation sites is 1. The second-order valence-corrected chi connectivity index (χ2v) is 6.71. The Balaban J connectivity index is 2.10. The lowest BCUT2D eigenvalue weighted by molar-refractivity contribution is -0.144. The fourth-order valence-electron chi connectivity index (χ4n) is 3.29. The number of methoxy groups -OCH3 is 1. The van der Waals surface area contributed by atoms with E-state index in [9.17, 15) is 9.59 Å². The predicted molar refractivity (Wildman–Crippen MR) is 87.2 cm³/mol. The van der Waals surface area contributed by atoms with Crippen LogP contribution in [0.2, 0.25) is 0 Å². The normalized spacial score (nSPS) is 21.5. The van der Waals surface area contributed by atoms with Crippen LogP contribution >= 0.6 is 0 Å². The van der Waals surface area contributed by atoms with Gasteiger partial charge in [-0.15, -0.1) is 0 Å². The first-order valence-electron chi connectivity index (χ1n) is 8.03. The average molecular weight is 319 g/mol. The first kappa shape index (κ1) is 17.3. The number of hydrogen-bond donors (Lipinski definition) is 2. The van der Waals surface area contributed by atoms with Crippen molar-refractivity contribution >= 4 is 11.9 Å². The van der Waals surface area contributed by atoms with Crippen LogP contribution in [-0.4, -0.2) is 24.1 Å². The maximum absolute atomic E-state index is 12.6. The largest absolute Gasteiger partial charge is 0.496 e. The average Bonchev–Trinajstić information content (AvgIpc) is 2.54. The van der Waals surface area contributed by atoms with E-state index >= 15 is 0 Å². The van der Waals surface area contributed by atoms with Crippen LogP contribution in [0.4, 0.5) is 0 Å². The third-order valence-electron chi connectivity index (χ3n) is 4.61. The van der Waals surface area contributed by atoms with E-state index in [1.54, 1.807) is 7.11 Å². The standard InChI is InChI=1S/C18H25NO4/c1-18(2,14-9-4-5-10-15(14)23-3)19-16(20)12-7-6-8-13(11-12)17(21)22/h4-5,9-10,12-13H,6-8,11H2,1-3H3,(H,19,20)(H,21,22). The molecule has 1 saturated carbocycles. The molecule has 5 nitrogen and oxygen atoms in total. The number of hydrogen-bond acceptors (Lipinski definition) is 3. The predicted octanol–water partition coefficient (Wildman–Crippen LogP) is 2.94. The fraction of sp³-hybridized carbons (Fsp3) is 0.556. The molecule has 0 saturated heterocycles. The van der Waals surface area contributed by atoms with Crippen LogP contribution in [0.1, 0.15) is 45.1 Å². The van der Waals surface area contributed by atoms with Gasteiger partial charge in [-0.3, -0.25) is 9.59 Å². The molecule has 1 aliphatic carbocycles. The van der Waals surface area contributed by atoms with Crippen LogP contribution in [0.25, 0.3) is 0 Å². The second-order valence-electron chi connectivity index (χ2n) is 6.71. The van der Waals surface area contributed by atoms with Gasteiger partial charge >= 0.3 is 5.97 Å². The molecule has 0 bridgehead atoms. The number of benzene rings is 1. The molecular formula is C18H25NO4. The molecule has 2 unspecified atom stereocenters. The summed E-state index contributed by atoms with van der Waals surface area (Å²) >= 11 is 0. The van der Waals surface area contributed by atoms with Crippen molar-refractivity contribution in [1.82, 2.24) is 5.32 Å². The summed E-state index contributed by atoms with van der Waals surface area (Å²) < 4.78 is 5.38. The molecule has 1 fully saturated rings. The highest BCUT2D eigenvalue weighted by Crippen LogP contribution is 2.33. The van der Waals surface area contributed by atoms with Crippen LogP contribution in [0, 0.1) is 11.8 Å². The van der Waals surface area contributed by atoms with Gasteiger partial charge in [-0.1, -0.05) is 24.6 Å². The van der Waals surface area contributed by atoms with Gasteiger partial charge in [-0.05, 0) is 39.2 Å². The molecule has 1 aromatic rings. The minimum atomic E-state index is -0.800. The highest BCUT2D eigenvalue weighted by Gasteiger charge is 2.34. The molecule has 2 N–H and O–H groups in total. The summed E-state index contributed by atoms with van der Waals surface area (Å²) in [6, 6.07) is 7.59. The quantitative estimate of drug-likeness (QED) is 0.875. The number of carbonyl (C=O) groups excluding carboxylic acids is 1. The van der Waals surface area contributed by atoms with E-state index in [4.69, 9.17) is 9.84 Å². The monoisotopic (exact) mass is 319 g/mol. The minimum absolute atomic E-state index is 0.0770. The summed E-state index contributed by atoms with van der Waals surface area (Å²) in [5.74, 6) is -0.795. The van der Waals surface area contributed by atoms with E-state index in [-0.39, 0.29) is 11.8 Å². The Morgan fingerprint density at radius 2 is 1.87 bits per heavy atom. The lowest BCUT2D eigenvalue weighted by atomic mass is 9.80. The summed E-state index contributed by atoms with van der Waals surface area (Å²) in [6.07, 6.45) is 2.61. The highest BCUT2D eigenvalue weighted by atomic mass is 16.5. The number of aliphatic carboxylic acids is 1. The van der Waals surface area contributed by atoms with Crippen LogP contribution in [0.5, 0.6) is 5.75 Å². The lowest BCUT2D eigenvalue weighted by Gasteiger charge is -2.32. The highest BCUT2D eigenvalue weighted by molar-refractivity contribution is 5.81. The zero-order valence-electron chi connectivity index (χ0n) is 14.0. The van der Waals surface area contributed by atoms with Crippen LogP contribution in [0.15, 0.2) is 24.3 Å². The first-order chi connectivity index (χ1) is 10.8. The number of amides is 1. The van der Waals surface area contributed by atoms with E-state index in [1.807, 2.05) is 38.1 Å². The lowest BCUT2D eigenvalue weighted by Crippen LogP contribution is -2.45. The molecule has 0 aromatic heterocycles. The van der Waals surface area contributed by atoms with Crippen LogP contribution < -0.4 is 10.1 Å².